The number of ether oxygens (including phenoxy) is 3. The lowest BCUT2D eigenvalue weighted by molar-refractivity contribution is 0.0483. The predicted molar refractivity (Wildman–Crippen MR) is 71.1 cm³/mol. The van der Waals surface area contributed by atoms with Crippen molar-refractivity contribution in [3.05, 3.63) is 34.1 Å². The fourth-order valence-electron chi connectivity index (χ4n) is 1.39. The largest absolute Gasteiger partial charge is 0.382 e. The zero-order chi connectivity index (χ0) is 13.2. The van der Waals surface area contributed by atoms with Crippen molar-refractivity contribution in [1.82, 2.24) is 0 Å². The summed E-state index contributed by atoms with van der Waals surface area (Å²) in [5.74, 6) is -0.258. The van der Waals surface area contributed by atoms with Gasteiger partial charge in [-0.2, -0.15) is 0 Å². The van der Waals surface area contributed by atoms with E-state index in [1.165, 1.54) is 12.1 Å². The number of methoxy groups -OCH3 is 1. The van der Waals surface area contributed by atoms with Crippen LogP contribution in [-0.4, -0.2) is 33.5 Å². The lowest BCUT2D eigenvalue weighted by Crippen LogP contribution is -2.05. The maximum atomic E-state index is 13.1. The highest BCUT2D eigenvalue weighted by Crippen LogP contribution is 2.15. The summed E-state index contributed by atoms with van der Waals surface area (Å²) in [6.07, 6.45) is 0.820. The summed E-state index contributed by atoms with van der Waals surface area (Å²) < 4.78 is 29.4. The predicted octanol–water partition coefficient (Wildman–Crippen LogP) is 3.16. The molecule has 0 fully saturated rings. The number of hydrogen-bond acceptors (Lipinski definition) is 3. The van der Waals surface area contributed by atoms with Crippen LogP contribution < -0.4 is 0 Å². The molecule has 1 rings (SSSR count). The van der Waals surface area contributed by atoms with Gasteiger partial charge in [0.25, 0.3) is 0 Å². The van der Waals surface area contributed by atoms with E-state index in [0.29, 0.717) is 33.0 Å². The fraction of sp³-hybridized carbons (Fsp3) is 0.538. The second kappa shape index (κ2) is 9.44. The number of halogens is 2. The van der Waals surface area contributed by atoms with E-state index >= 15 is 0 Å². The first-order valence-corrected chi connectivity index (χ1v) is 6.61. The van der Waals surface area contributed by atoms with E-state index in [0.717, 1.165) is 16.5 Å². The third-order valence-electron chi connectivity index (χ3n) is 2.20. The van der Waals surface area contributed by atoms with Gasteiger partial charge in [0, 0.05) is 24.8 Å². The first-order valence-electron chi connectivity index (χ1n) is 5.82. The van der Waals surface area contributed by atoms with Gasteiger partial charge >= 0.3 is 0 Å². The van der Waals surface area contributed by atoms with Crippen molar-refractivity contribution in [2.75, 3.05) is 33.5 Å². The Labute approximate surface area is 115 Å². The van der Waals surface area contributed by atoms with E-state index in [9.17, 15) is 4.39 Å². The topological polar surface area (TPSA) is 27.7 Å². The summed E-state index contributed by atoms with van der Waals surface area (Å²) in [5, 5.41) is 0. The van der Waals surface area contributed by atoms with Crippen LogP contribution in [0.5, 0.6) is 0 Å². The van der Waals surface area contributed by atoms with Crippen molar-refractivity contribution < 1.29 is 18.6 Å². The molecule has 0 unspecified atom stereocenters. The summed E-state index contributed by atoms with van der Waals surface area (Å²) >= 11 is 3.24. The Morgan fingerprint density at radius 3 is 2.56 bits per heavy atom. The minimum absolute atomic E-state index is 0.258. The minimum atomic E-state index is -0.258. The van der Waals surface area contributed by atoms with Gasteiger partial charge in [0.05, 0.1) is 19.8 Å². The third-order valence-corrected chi connectivity index (χ3v) is 2.66. The molecule has 0 bridgehead atoms. The van der Waals surface area contributed by atoms with E-state index in [-0.39, 0.29) is 5.82 Å². The Morgan fingerprint density at radius 2 is 1.83 bits per heavy atom. The number of hydrogen-bond donors (Lipinski definition) is 0. The Balaban J connectivity index is 2.07. The third kappa shape index (κ3) is 7.06. The van der Waals surface area contributed by atoms with Crippen molar-refractivity contribution in [3.63, 3.8) is 0 Å². The van der Waals surface area contributed by atoms with Gasteiger partial charge in [-0.3, -0.25) is 0 Å². The molecular weight excluding hydrogens is 303 g/mol. The SMILES string of the molecule is COCCOCCCOCc1cc(F)cc(Br)c1. The number of benzene rings is 1. The van der Waals surface area contributed by atoms with Gasteiger partial charge in [-0.25, -0.2) is 4.39 Å². The van der Waals surface area contributed by atoms with E-state index in [4.69, 9.17) is 14.2 Å². The van der Waals surface area contributed by atoms with Gasteiger partial charge in [-0.05, 0) is 30.2 Å². The molecule has 0 saturated heterocycles. The number of rotatable bonds is 9. The van der Waals surface area contributed by atoms with Crippen molar-refractivity contribution in [2.24, 2.45) is 0 Å². The highest BCUT2D eigenvalue weighted by atomic mass is 79.9. The molecule has 1 aromatic rings. The molecule has 18 heavy (non-hydrogen) atoms. The molecule has 1 aromatic carbocycles. The molecule has 0 spiro atoms. The summed E-state index contributed by atoms with van der Waals surface area (Å²) in [5.41, 5.74) is 0.821. The Hall–Kier alpha value is -0.490. The van der Waals surface area contributed by atoms with Crippen LogP contribution in [0.2, 0.25) is 0 Å². The molecule has 0 saturated carbocycles. The smallest absolute Gasteiger partial charge is 0.124 e. The first-order chi connectivity index (χ1) is 8.72. The molecule has 0 atom stereocenters. The molecule has 0 aromatic heterocycles. The van der Waals surface area contributed by atoms with Crippen LogP contribution in [0.25, 0.3) is 0 Å². The summed E-state index contributed by atoms with van der Waals surface area (Å²) in [7, 11) is 1.64. The van der Waals surface area contributed by atoms with Gasteiger partial charge in [0.1, 0.15) is 5.82 Å². The zero-order valence-electron chi connectivity index (χ0n) is 10.5. The molecule has 0 N–H and O–H groups in total. The molecular formula is C13H18BrFO3. The lowest BCUT2D eigenvalue weighted by atomic mass is 10.2. The van der Waals surface area contributed by atoms with Crippen LogP contribution in [0.1, 0.15) is 12.0 Å². The minimum Gasteiger partial charge on any atom is -0.382 e. The maximum absolute atomic E-state index is 13.1. The first kappa shape index (κ1) is 15.6. The van der Waals surface area contributed by atoms with Crippen molar-refractivity contribution in [2.45, 2.75) is 13.0 Å². The van der Waals surface area contributed by atoms with E-state index < -0.39 is 0 Å². The molecule has 5 heteroatoms. The summed E-state index contributed by atoms with van der Waals surface area (Å²) in [6.45, 7) is 2.87. The van der Waals surface area contributed by atoms with Gasteiger partial charge in [0.2, 0.25) is 0 Å². The summed E-state index contributed by atoms with van der Waals surface area (Å²) in [4.78, 5) is 0. The average Bonchev–Trinajstić information content (AvgIpc) is 2.31. The quantitative estimate of drug-likeness (QED) is 0.654. The van der Waals surface area contributed by atoms with Gasteiger partial charge in [-0.1, -0.05) is 15.9 Å². The van der Waals surface area contributed by atoms with Crippen LogP contribution >= 0.6 is 15.9 Å². The van der Waals surface area contributed by atoms with Gasteiger partial charge in [-0.15, -0.1) is 0 Å². The zero-order valence-corrected chi connectivity index (χ0v) is 12.0. The van der Waals surface area contributed by atoms with Gasteiger partial charge < -0.3 is 14.2 Å². The summed E-state index contributed by atoms with van der Waals surface area (Å²) in [6, 6.07) is 4.74. The molecule has 0 aliphatic rings. The van der Waals surface area contributed by atoms with Crippen molar-refractivity contribution >= 4 is 15.9 Å². The standard InChI is InChI=1S/C13H18BrFO3/c1-16-5-6-17-3-2-4-18-10-11-7-12(14)9-13(15)8-11/h7-9H,2-6,10H2,1H3. The Bertz CT molecular complexity index is 327. The second-order valence-electron chi connectivity index (χ2n) is 3.79. The molecule has 0 aliphatic heterocycles. The average molecular weight is 321 g/mol. The Morgan fingerprint density at radius 1 is 1.06 bits per heavy atom. The molecule has 3 nitrogen and oxygen atoms in total. The van der Waals surface area contributed by atoms with Crippen LogP contribution in [0.15, 0.2) is 22.7 Å². The van der Waals surface area contributed by atoms with Crippen LogP contribution in [-0.2, 0) is 20.8 Å². The van der Waals surface area contributed by atoms with Crippen LogP contribution in [0, 0.1) is 5.82 Å². The van der Waals surface area contributed by atoms with Crippen LogP contribution in [0.4, 0.5) is 4.39 Å². The van der Waals surface area contributed by atoms with Crippen molar-refractivity contribution in [1.29, 1.82) is 0 Å². The highest BCUT2D eigenvalue weighted by molar-refractivity contribution is 9.10. The molecule has 0 amide bonds. The molecule has 0 aliphatic carbocycles. The molecule has 0 radical (unpaired) electrons. The van der Waals surface area contributed by atoms with Crippen molar-refractivity contribution in [3.8, 4) is 0 Å². The van der Waals surface area contributed by atoms with Crippen LogP contribution in [0.3, 0.4) is 0 Å². The second-order valence-corrected chi connectivity index (χ2v) is 4.70. The Kier molecular flexibility index (Phi) is 8.17. The van der Waals surface area contributed by atoms with E-state index in [1.54, 1.807) is 7.11 Å². The fourth-order valence-corrected chi connectivity index (χ4v) is 1.90. The lowest BCUT2D eigenvalue weighted by Gasteiger charge is -2.06. The van der Waals surface area contributed by atoms with E-state index in [2.05, 4.69) is 15.9 Å². The highest BCUT2D eigenvalue weighted by Gasteiger charge is 1.99. The monoisotopic (exact) mass is 320 g/mol. The van der Waals surface area contributed by atoms with Gasteiger partial charge in [0.15, 0.2) is 0 Å². The molecule has 102 valence electrons. The van der Waals surface area contributed by atoms with E-state index in [1.807, 2.05) is 6.07 Å². The maximum Gasteiger partial charge on any atom is 0.124 e. The molecule has 0 heterocycles. The normalized spacial score (nSPS) is 10.8.